The molecule has 0 unspecified atom stereocenters. The van der Waals surface area contributed by atoms with Gasteiger partial charge in [0.25, 0.3) is 0 Å². The van der Waals surface area contributed by atoms with Crippen LogP contribution in [-0.2, 0) is 6.42 Å². The summed E-state index contributed by atoms with van der Waals surface area (Å²) >= 11 is 0. The highest BCUT2D eigenvalue weighted by Gasteiger charge is 2.19. The Morgan fingerprint density at radius 1 is 1.07 bits per heavy atom. The number of likely N-dealkylation sites (tertiary alicyclic amines) is 1. The zero-order chi connectivity index (χ0) is 18.9. The molecule has 3 rings (SSSR count). The molecule has 0 radical (unpaired) electrons. The second-order valence-electron chi connectivity index (χ2n) is 7.58. The Morgan fingerprint density at radius 3 is 2.59 bits per heavy atom. The lowest BCUT2D eigenvalue weighted by Gasteiger charge is -2.32. The zero-order valence-corrected chi connectivity index (χ0v) is 16.9. The molecule has 1 heterocycles. The summed E-state index contributed by atoms with van der Waals surface area (Å²) in [6, 6.07) is 6.25. The van der Waals surface area contributed by atoms with Gasteiger partial charge in [0, 0.05) is 18.8 Å². The van der Waals surface area contributed by atoms with Gasteiger partial charge in [0.15, 0.2) is 11.5 Å². The average molecular weight is 371 g/mol. The molecule has 1 aliphatic carbocycles. The van der Waals surface area contributed by atoms with Gasteiger partial charge in [-0.2, -0.15) is 0 Å². The van der Waals surface area contributed by atoms with Crippen LogP contribution >= 0.6 is 0 Å². The maximum absolute atomic E-state index is 5.41. The molecule has 148 valence electrons. The number of methoxy groups -OCH3 is 2. The van der Waals surface area contributed by atoms with Gasteiger partial charge in [-0.05, 0) is 81.3 Å². The topological polar surface area (TPSA) is 33.7 Å². The predicted molar refractivity (Wildman–Crippen MR) is 111 cm³/mol. The van der Waals surface area contributed by atoms with E-state index < -0.39 is 0 Å². The lowest BCUT2D eigenvalue weighted by molar-refractivity contribution is 0.181. The minimum atomic E-state index is 0.801. The number of hydrogen-bond donors (Lipinski definition) is 1. The third-order valence-electron chi connectivity index (χ3n) is 5.75. The van der Waals surface area contributed by atoms with Crippen LogP contribution in [0.5, 0.6) is 11.5 Å². The van der Waals surface area contributed by atoms with Crippen molar-refractivity contribution in [2.45, 2.75) is 38.5 Å². The predicted octanol–water partition coefficient (Wildman–Crippen LogP) is 4.17. The van der Waals surface area contributed by atoms with Gasteiger partial charge in [-0.1, -0.05) is 18.2 Å². The van der Waals surface area contributed by atoms with Crippen LogP contribution in [0.4, 0.5) is 0 Å². The highest BCUT2D eigenvalue weighted by Crippen LogP contribution is 2.28. The standard InChI is InChI=1S/C23H34N2O2/c1-26-22-9-8-20(18-23(22)27-2)13-17-25-15-11-19(12-16-25)10-14-24-21-6-4-3-5-7-21/h4,6-9,18-19,24H,3,5,10-17H2,1-2H3. The van der Waals surface area contributed by atoms with Gasteiger partial charge in [-0.3, -0.25) is 0 Å². The van der Waals surface area contributed by atoms with Crippen LogP contribution in [0, 0.1) is 5.92 Å². The Labute approximate surface area is 164 Å². The van der Waals surface area contributed by atoms with E-state index in [4.69, 9.17) is 9.47 Å². The Kier molecular flexibility index (Phi) is 7.64. The number of hydrogen-bond acceptors (Lipinski definition) is 4. The Balaban J connectivity index is 1.34. The van der Waals surface area contributed by atoms with Crippen LogP contribution in [0.1, 0.15) is 37.7 Å². The van der Waals surface area contributed by atoms with E-state index in [-0.39, 0.29) is 0 Å². The van der Waals surface area contributed by atoms with Gasteiger partial charge in [0.05, 0.1) is 14.2 Å². The molecule has 27 heavy (non-hydrogen) atoms. The van der Waals surface area contributed by atoms with Crippen LogP contribution < -0.4 is 14.8 Å². The van der Waals surface area contributed by atoms with Crippen molar-refractivity contribution in [1.82, 2.24) is 10.2 Å². The highest BCUT2D eigenvalue weighted by atomic mass is 16.5. The minimum absolute atomic E-state index is 0.801. The fraction of sp³-hybridized carbons (Fsp3) is 0.565. The van der Waals surface area contributed by atoms with Crippen LogP contribution in [0.15, 0.2) is 42.1 Å². The van der Waals surface area contributed by atoms with Gasteiger partial charge < -0.3 is 19.7 Å². The van der Waals surface area contributed by atoms with Crippen LogP contribution in [0.2, 0.25) is 0 Å². The van der Waals surface area contributed by atoms with Crippen molar-refractivity contribution in [2.24, 2.45) is 5.92 Å². The van der Waals surface area contributed by atoms with E-state index in [1.807, 2.05) is 6.07 Å². The van der Waals surface area contributed by atoms with Crippen molar-refractivity contribution in [3.8, 4) is 11.5 Å². The van der Waals surface area contributed by atoms with Crippen LogP contribution in [0.3, 0.4) is 0 Å². The molecule has 0 spiro atoms. The van der Waals surface area contributed by atoms with Crippen LogP contribution in [-0.4, -0.2) is 45.3 Å². The third kappa shape index (κ3) is 6.03. The Morgan fingerprint density at radius 2 is 1.89 bits per heavy atom. The second kappa shape index (κ2) is 10.4. The number of benzene rings is 1. The summed E-state index contributed by atoms with van der Waals surface area (Å²) in [6.07, 6.45) is 14.2. The molecular formula is C23H34N2O2. The number of rotatable bonds is 9. The molecule has 0 saturated carbocycles. The van der Waals surface area contributed by atoms with Crippen molar-refractivity contribution < 1.29 is 9.47 Å². The van der Waals surface area contributed by atoms with E-state index in [2.05, 4.69) is 40.6 Å². The van der Waals surface area contributed by atoms with Crippen molar-refractivity contribution in [2.75, 3.05) is 40.4 Å². The summed E-state index contributed by atoms with van der Waals surface area (Å²) in [6.45, 7) is 4.67. The van der Waals surface area contributed by atoms with Crippen molar-refractivity contribution >= 4 is 0 Å². The summed E-state index contributed by atoms with van der Waals surface area (Å²) in [5.41, 5.74) is 2.63. The molecule has 1 N–H and O–H groups in total. The second-order valence-corrected chi connectivity index (χ2v) is 7.58. The molecular weight excluding hydrogens is 336 g/mol. The first kappa shape index (κ1) is 19.8. The highest BCUT2D eigenvalue weighted by molar-refractivity contribution is 5.42. The summed E-state index contributed by atoms with van der Waals surface area (Å²) in [5.74, 6) is 2.49. The normalized spacial score (nSPS) is 18.2. The molecule has 1 aliphatic heterocycles. The molecule has 2 aliphatic rings. The molecule has 0 amide bonds. The van der Waals surface area contributed by atoms with Gasteiger partial charge >= 0.3 is 0 Å². The molecule has 0 aromatic heterocycles. The summed E-state index contributed by atoms with van der Waals surface area (Å²) in [4.78, 5) is 2.60. The quantitative estimate of drug-likeness (QED) is 0.707. The van der Waals surface area contributed by atoms with E-state index >= 15 is 0 Å². The number of nitrogens with one attached hydrogen (secondary N) is 1. The first-order valence-corrected chi connectivity index (χ1v) is 10.3. The largest absolute Gasteiger partial charge is 0.493 e. The first-order valence-electron chi connectivity index (χ1n) is 10.3. The summed E-state index contributed by atoms with van der Waals surface area (Å²) in [7, 11) is 3.38. The molecule has 4 nitrogen and oxygen atoms in total. The van der Waals surface area contributed by atoms with Gasteiger partial charge in [-0.15, -0.1) is 0 Å². The number of ether oxygens (including phenoxy) is 2. The van der Waals surface area contributed by atoms with E-state index in [9.17, 15) is 0 Å². The van der Waals surface area contributed by atoms with E-state index in [0.717, 1.165) is 36.9 Å². The van der Waals surface area contributed by atoms with Crippen molar-refractivity contribution in [1.29, 1.82) is 0 Å². The van der Waals surface area contributed by atoms with E-state index in [0.29, 0.717) is 0 Å². The summed E-state index contributed by atoms with van der Waals surface area (Å²) < 4.78 is 10.7. The molecule has 0 bridgehead atoms. The van der Waals surface area contributed by atoms with Crippen LogP contribution in [0.25, 0.3) is 0 Å². The zero-order valence-electron chi connectivity index (χ0n) is 16.9. The fourth-order valence-corrected chi connectivity index (χ4v) is 3.99. The smallest absolute Gasteiger partial charge is 0.160 e. The maximum atomic E-state index is 5.41. The Hall–Kier alpha value is -1.94. The number of piperidine rings is 1. The SMILES string of the molecule is COc1ccc(CCN2CCC(CCNC3=CCCC=C3)CC2)cc1OC. The molecule has 0 atom stereocenters. The first-order chi connectivity index (χ1) is 13.3. The number of allylic oxidation sites excluding steroid dienone is 3. The van der Waals surface area contributed by atoms with E-state index in [1.54, 1.807) is 14.2 Å². The van der Waals surface area contributed by atoms with E-state index in [1.165, 1.54) is 56.5 Å². The van der Waals surface area contributed by atoms with Gasteiger partial charge in [0.1, 0.15) is 0 Å². The molecule has 1 fully saturated rings. The van der Waals surface area contributed by atoms with Crippen molar-refractivity contribution in [3.63, 3.8) is 0 Å². The third-order valence-corrected chi connectivity index (χ3v) is 5.75. The fourth-order valence-electron chi connectivity index (χ4n) is 3.99. The molecule has 1 aromatic carbocycles. The van der Waals surface area contributed by atoms with Gasteiger partial charge in [-0.25, -0.2) is 0 Å². The monoisotopic (exact) mass is 370 g/mol. The average Bonchev–Trinajstić information content (AvgIpc) is 2.73. The molecule has 1 saturated heterocycles. The lowest BCUT2D eigenvalue weighted by Crippen LogP contribution is -2.35. The molecule has 4 heteroatoms. The summed E-state index contributed by atoms with van der Waals surface area (Å²) in [5, 5.41) is 3.59. The van der Waals surface area contributed by atoms with Gasteiger partial charge in [0.2, 0.25) is 0 Å². The Bertz CT molecular complexity index is 646. The lowest BCUT2D eigenvalue weighted by atomic mass is 9.93. The number of nitrogens with zero attached hydrogens (tertiary/aromatic N) is 1. The minimum Gasteiger partial charge on any atom is -0.493 e. The molecule has 1 aromatic rings. The van der Waals surface area contributed by atoms with Crippen molar-refractivity contribution in [3.05, 3.63) is 47.7 Å². The maximum Gasteiger partial charge on any atom is 0.160 e.